The van der Waals surface area contributed by atoms with Crippen molar-refractivity contribution in [2.75, 3.05) is 6.61 Å². The van der Waals surface area contributed by atoms with Crippen molar-refractivity contribution in [3.05, 3.63) is 65.7 Å². The summed E-state index contributed by atoms with van der Waals surface area (Å²) in [7, 11) is 0. The van der Waals surface area contributed by atoms with E-state index in [0.29, 0.717) is 23.5 Å². The molecule has 0 heterocycles. The molecule has 0 radical (unpaired) electrons. The van der Waals surface area contributed by atoms with Crippen LogP contribution in [0.3, 0.4) is 0 Å². The van der Waals surface area contributed by atoms with Crippen molar-refractivity contribution in [3.63, 3.8) is 0 Å². The van der Waals surface area contributed by atoms with Crippen LogP contribution in [-0.4, -0.2) is 30.5 Å². The standard InChI is InChI=1S/C22H26N2O5/c1-3-4-8-15-28-19-13-11-18(12-14-19)22(27)29-16(2)20(25)23-24-21(26)17-9-6-5-7-10-17/h5-7,9-14,16H,3-4,8,15H2,1-2H3,(H,23,25)(H,24,26)/t16-/m1/s1. The Morgan fingerprint density at radius 1 is 0.897 bits per heavy atom. The fourth-order valence-electron chi connectivity index (χ4n) is 2.39. The quantitative estimate of drug-likeness (QED) is 0.384. The Balaban J connectivity index is 1.78. The lowest BCUT2D eigenvalue weighted by Crippen LogP contribution is -2.46. The summed E-state index contributed by atoms with van der Waals surface area (Å²) >= 11 is 0. The maximum absolute atomic E-state index is 12.2. The van der Waals surface area contributed by atoms with Crippen molar-refractivity contribution >= 4 is 17.8 Å². The first-order chi connectivity index (χ1) is 14.0. The largest absolute Gasteiger partial charge is 0.494 e. The van der Waals surface area contributed by atoms with E-state index in [1.165, 1.54) is 6.92 Å². The Bertz CT molecular complexity index is 806. The number of hydrogen-bond donors (Lipinski definition) is 2. The number of hydrogen-bond acceptors (Lipinski definition) is 5. The molecule has 0 unspecified atom stereocenters. The Morgan fingerprint density at radius 2 is 1.59 bits per heavy atom. The van der Waals surface area contributed by atoms with E-state index < -0.39 is 23.9 Å². The van der Waals surface area contributed by atoms with Gasteiger partial charge in [0.05, 0.1) is 12.2 Å². The van der Waals surface area contributed by atoms with Gasteiger partial charge in [-0.25, -0.2) is 4.79 Å². The molecule has 0 saturated carbocycles. The third-order valence-electron chi connectivity index (χ3n) is 4.09. The number of ether oxygens (including phenoxy) is 2. The van der Waals surface area contributed by atoms with Crippen LogP contribution in [0.1, 0.15) is 53.8 Å². The molecule has 0 spiro atoms. The fraction of sp³-hybridized carbons (Fsp3) is 0.318. The minimum Gasteiger partial charge on any atom is -0.494 e. The highest BCUT2D eigenvalue weighted by Crippen LogP contribution is 2.14. The molecule has 7 nitrogen and oxygen atoms in total. The molecule has 0 aliphatic heterocycles. The van der Waals surface area contributed by atoms with Crippen LogP contribution in [0, 0.1) is 0 Å². The van der Waals surface area contributed by atoms with Crippen molar-refractivity contribution in [2.24, 2.45) is 0 Å². The number of rotatable bonds is 9. The first kappa shape index (κ1) is 21.9. The van der Waals surface area contributed by atoms with Gasteiger partial charge in [-0.2, -0.15) is 0 Å². The number of nitrogens with one attached hydrogen (secondary N) is 2. The monoisotopic (exact) mass is 398 g/mol. The topological polar surface area (TPSA) is 93.7 Å². The summed E-state index contributed by atoms with van der Waals surface area (Å²) in [6.07, 6.45) is 2.13. The van der Waals surface area contributed by atoms with Gasteiger partial charge >= 0.3 is 5.97 Å². The van der Waals surface area contributed by atoms with Gasteiger partial charge in [0.1, 0.15) is 5.75 Å². The van der Waals surface area contributed by atoms with E-state index in [1.54, 1.807) is 54.6 Å². The molecule has 29 heavy (non-hydrogen) atoms. The first-order valence-electron chi connectivity index (χ1n) is 9.60. The number of amides is 2. The van der Waals surface area contributed by atoms with Crippen LogP contribution in [0.2, 0.25) is 0 Å². The lowest BCUT2D eigenvalue weighted by atomic mass is 10.2. The van der Waals surface area contributed by atoms with E-state index in [2.05, 4.69) is 17.8 Å². The van der Waals surface area contributed by atoms with Crippen LogP contribution in [0.4, 0.5) is 0 Å². The molecular formula is C22H26N2O5. The fourth-order valence-corrected chi connectivity index (χ4v) is 2.39. The van der Waals surface area contributed by atoms with E-state index in [-0.39, 0.29) is 0 Å². The van der Waals surface area contributed by atoms with Crippen molar-refractivity contribution in [1.29, 1.82) is 0 Å². The molecule has 2 N–H and O–H groups in total. The smallest absolute Gasteiger partial charge is 0.338 e. The highest BCUT2D eigenvalue weighted by Gasteiger charge is 2.19. The van der Waals surface area contributed by atoms with Gasteiger partial charge in [0, 0.05) is 5.56 Å². The van der Waals surface area contributed by atoms with Gasteiger partial charge in [0.25, 0.3) is 11.8 Å². The Morgan fingerprint density at radius 3 is 2.24 bits per heavy atom. The van der Waals surface area contributed by atoms with E-state index in [1.807, 2.05) is 0 Å². The normalized spacial score (nSPS) is 11.2. The van der Waals surface area contributed by atoms with E-state index in [0.717, 1.165) is 19.3 Å². The molecular weight excluding hydrogens is 372 g/mol. The third kappa shape index (κ3) is 7.29. The predicted molar refractivity (Wildman–Crippen MR) is 108 cm³/mol. The molecule has 2 rings (SSSR count). The maximum atomic E-state index is 12.2. The third-order valence-corrected chi connectivity index (χ3v) is 4.09. The van der Waals surface area contributed by atoms with E-state index in [9.17, 15) is 14.4 Å². The number of carbonyl (C=O) groups is 3. The summed E-state index contributed by atoms with van der Waals surface area (Å²) in [6.45, 7) is 4.18. The maximum Gasteiger partial charge on any atom is 0.338 e. The Kier molecular flexibility index (Phi) is 8.69. The highest BCUT2D eigenvalue weighted by molar-refractivity contribution is 5.96. The second kappa shape index (κ2) is 11.5. The summed E-state index contributed by atoms with van der Waals surface area (Å²) in [6, 6.07) is 15.0. The van der Waals surface area contributed by atoms with Crippen molar-refractivity contribution in [3.8, 4) is 5.75 Å². The van der Waals surface area contributed by atoms with Gasteiger partial charge < -0.3 is 9.47 Å². The zero-order valence-corrected chi connectivity index (χ0v) is 16.6. The lowest BCUT2D eigenvalue weighted by Gasteiger charge is -2.14. The molecule has 2 aromatic carbocycles. The SMILES string of the molecule is CCCCCOc1ccc(C(=O)O[C@H](C)C(=O)NNC(=O)c2ccccc2)cc1. The predicted octanol–water partition coefficient (Wildman–Crippen LogP) is 3.26. The minimum absolute atomic E-state index is 0.305. The van der Waals surface area contributed by atoms with Crippen LogP contribution in [-0.2, 0) is 9.53 Å². The Hall–Kier alpha value is -3.35. The summed E-state index contributed by atoms with van der Waals surface area (Å²) < 4.78 is 10.7. The molecule has 7 heteroatoms. The summed E-state index contributed by atoms with van der Waals surface area (Å²) in [5, 5.41) is 0. The van der Waals surface area contributed by atoms with Crippen molar-refractivity contribution in [2.45, 2.75) is 39.2 Å². The summed E-state index contributed by atoms with van der Waals surface area (Å²) in [5.41, 5.74) is 5.23. The van der Waals surface area contributed by atoms with Crippen LogP contribution >= 0.6 is 0 Å². The highest BCUT2D eigenvalue weighted by atomic mass is 16.5. The molecule has 0 aromatic heterocycles. The van der Waals surface area contributed by atoms with Gasteiger partial charge in [0.15, 0.2) is 6.10 Å². The van der Waals surface area contributed by atoms with Crippen LogP contribution < -0.4 is 15.6 Å². The van der Waals surface area contributed by atoms with Crippen LogP contribution in [0.5, 0.6) is 5.75 Å². The Labute approximate surface area is 170 Å². The molecule has 2 amide bonds. The first-order valence-corrected chi connectivity index (χ1v) is 9.60. The molecule has 0 bridgehead atoms. The number of benzene rings is 2. The molecule has 1 atom stereocenters. The molecule has 0 saturated heterocycles. The second-order valence-corrected chi connectivity index (χ2v) is 6.44. The van der Waals surface area contributed by atoms with E-state index in [4.69, 9.17) is 9.47 Å². The van der Waals surface area contributed by atoms with Gasteiger partial charge in [-0.15, -0.1) is 0 Å². The van der Waals surface area contributed by atoms with E-state index >= 15 is 0 Å². The molecule has 154 valence electrons. The summed E-state index contributed by atoms with van der Waals surface area (Å²) in [4.78, 5) is 36.2. The van der Waals surface area contributed by atoms with Gasteiger partial charge in [0.2, 0.25) is 0 Å². The minimum atomic E-state index is -1.08. The number of unbranched alkanes of at least 4 members (excludes halogenated alkanes) is 2. The summed E-state index contributed by atoms with van der Waals surface area (Å²) in [5.74, 6) is -1.07. The molecule has 2 aromatic rings. The van der Waals surface area contributed by atoms with Gasteiger partial charge in [-0.1, -0.05) is 38.0 Å². The zero-order valence-electron chi connectivity index (χ0n) is 16.6. The number of hydrazine groups is 1. The van der Waals surface area contributed by atoms with Crippen molar-refractivity contribution < 1.29 is 23.9 Å². The molecule has 0 fully saturated rings. The lowest BCUT2D eigenvalue weighted by molar-refractivity contribution is -0.129. The number of carbonyl (C=O) groups excluding carboxylic acids is 3. The molecule has 0 aliphatic carbocycles. The second-order valence-electron chi connectivity index (χ2n) is 6.44. The van der Waals surface area contributed by atoms with Crippen LogP contribution in [0.15, 0.2) is 54.6 Å². The molecule has 0 aliphatic rings. The van der Waals surface area contributed by atoms with Gasteiger partial charge in [-0.3, -0.25) is 20.4 Å². The zero-order chi connectivity index (χ0) is 21.1. The number of esters is 1. The van der Waals surface area contributed by atoms with Crippen molar-refractivity contribution in [1.82, 2.24) is 10.9 Å². The average Bonchev–Trinajstić information content (AvgIpc) is 2.75. The average molecular weight is 398 g/mol. The van der Waals surface area contributed by atoms with Gasteiger partial charge in [-0.05, 0) is 49.7 Å². The van der Waals surface area contributed by atoms with Crippen LogP contribution in [0.25, 0.3) is 0 Å².